The molecule has 26 heavy (non-hydrogen) atoms. The van der Waals surface area contributed by atoms with Gasteiger partial charge in [-0.2, -0.15) is 0 Å². The number of rotatable bonds is 5. The van der Waals surface area contributed by atoms with Crippen molar-refractivity contribution in [2.75, 3.05) is 18.4 Å². The minimum atomic E-state index is -3.44. The summed E-state index contributed by atoms with van der Waals surface area (Å²) < 4.78 is 27.7. The number of piperidine rings is 1. The van der Waals surface area contributed by atoms with E-state index in [0.29, 0.717) is 25.1 Å². The molecule has 5 nitrogen and oxygen atoms in total. The molecule has 2 aromatic carbocycles. The van der Waals surface area contributed by atoms with Crippen LogP contribution in [-0.2, 0) is 20.6 Å². The van der Waals surface area contributed by atoms with Crippen molar-refractivity contribution < 1.29 is 13.2 Å². The van der Waals surface area contributed by atoms with Crippen molar-refractivity contribution in [3.63, 3.8) is 0 Å². The molecule has 1 heterocycles. The number of anilines is 1. The Labute approximate surface area is 162 Å². The maximum Gasteiger partial charge on any atom is 0.228 e. The lowest BCUT2D eigenvalue weighted by atomic mass is 9.99. The predicted octanol–water partition coefficient (Wildman–Crippen LogP) is 3.63. The van der Waals surface area contributed by atoms with Gasteiger partial charge in [0.1, 0.15) is 0 Å². The molecule has 1 aliphatic rings. The summed E-state index contributed by atoms with van der Waals surface area (Å²) in [6, 6.07) is 16.5. The quantitative estimate of drug-likeness (QED) is 0.777. The minimum Gasteiger partial charge on any atom is -0.325 e. The fraction of sp³-hybridized carbons (Fsp3) is 0.316. The third-order valence-corrected chi connectivity index (χ3v) is 6.98. The fourth-order valence-electron chi connectivity index (χ4n) is 3.08. The number of carbonyl (C=O) groups excluding carboxylic acids is 1. The molecule has 1 aliphatic heterocycles. The molecule has 138 valence electrons. The van der Waals surface area contributed by atoms with Crippen LogP contribution in [0, 0.1) is 5.92 Å². The minimum absolute atomic E-state index is 0.0353. The maximum absolute atomic E-state index is 12.7. The maximum atomic E-state index is 12.7. The summed E-state index contributed by atoms with van der Waals surface area (Å²) in [5.41, 5.74) is 1.45. The Morgan fingerprint density at radius 2 is 1.81 bits per heavy atom. The number of benzene rings is 2. The Morgan fingerprint density at radius 3 is 2.54 bits per heavy atom. The summed E-state index contributed by atoms with van der Waals surface area (Å²) in [4.78, 5) is 12.6. The van der Waals surface area contributed by atoms with E-state index in [1.165, 1.54) is 4.31 Å². The number of nitrogens with zero attached hydrogens (tertiary/aromatic N) is 1. The second-order valence-corrected chi connectivity index (χ2v) is 9.23. The third kappa shape index (κ3) is 4.72. The molecule has 3 rings (SSSR count). The molecule has 0 bridgehead atoms. The number of hydrogen-bond acceptors (Lipinski definition) is 3. The van der Waals surface area contributed by atoms with Crippen LogP contribution in [0.25, 0.3) is 0 Å². The van der Waals surface area contributed by atoms with Gasteiger partial charge in [-0.15, -0.1) is 0 Å². The van der Waals surface area contributed by atoms with Gasteiger partial charge in [0.25, 0.3) is 0 Å². The van der Waals surface area contributed by atoms with Gasteiger partial charge in [0, 0.05) is 17.6 Å². The second kappa shape index (κ2) is 8.33. The van der Waals surface area contributed by atoms with Gasteiger partial charge in [0.2, 0.25) is 15.9 Å². The Bertz CT molecular complexity index is 871. The van der Waals surface area contributed by atoms with E-state index in [9.17, 15) is 13.2 Å². The SMILES string of the molecule is O=C(Nc1ccccc1Br)[C@@H]1CCCN(S(=O)(=O)Cc2ccccc2)C1. The molecule has 0 unspecified atom stereocenters. The number of hydrogen-bond donors (Lipinski definition) is 1. The van der Waals surface area contributed by atoms with E-state index in [1.807, 2.05) is 42.5 Å². The summed E-state index contributed by atoms with van der Waals surface area (Å²) in [6.45, 7) is 0.694. The van der Waals surface area contributed by atoms with Crippen molar-refractivity contribution in [3.8, 4) is 0 Å². The van der Waals surface area contributed by atoms with Gasteiger partial charge in [-0.1, -0.05) is 42.5 Å². The van der Waals surface area contributed by atoms with Crippen molar-refractivity contribution in [3.05, 3.63) is 64.6 Å². The molecule has 0 aromatic heterocycles. The summed E-state index contributed by atoms with van der Waals surface area (Å²) in [5.74, 6) is -0.523. The smallest absolute Gasteiger partial charge is 0.228 e. The average Bonchev–Trinajstić information content (AvgIpc) is 2.64. The summed E-state index contributed by atoms with van der Waals surface area (Å²) in [7, 11) is -3.44. The standard InChI is InChI=1S/C19H21BrN2O3S/c20-17-10-4-5-11-18(17)21-19(23)16-9-6-12-22(13-16)26(24,25)14-15-7-2-1-3-8-15/h1-5,7-8,10-11,16H,6,9,12-14H2,(H,21,23)/t16-/m1/s1. The number of carbonyl (C=O) groups is 1. The first-order valence-electron chi connectivity index (χ1n) is 8.53. The van der Waals surface area contributed by atoms with E-state index in [2.05, 4.69) is 21.2 Å². The van der Waals surface area contributed by atoms with E-state index in [1.54, 1.807) is 12.1 Å². The highest BCUT2D eigenvalue weighted by molar-refractivity contribution is 9.10. The first-order valence-corrected chi connectivity index (χ1v) is 10.9. The van der Waals surface area contributed by atoms with Crippen molar-refractivity contribution >= 4 is 37.5 Å². The first kappa shape index (κ1) is 19.1. The van der Waals surface area contributed by atoms with Crippen LogP contribution in [0.2, 0.25) is 0 Å². The van der Waals surface area contributed by atoms with Gasteiger partial charge in [-0.25, -0.2) is 12.7 Å². The highest BCUT2D eigenvalue weighted by Gasteiger charge is 2.32. The molecular weight excluding hydrogens is 416 g/mol. The molecule has 1 saturated heterocycles. The zero-order chi connectivity index (χ0) is 18.6. The molecule has 1 N–H and O–H groups in total. The molecule has 0 aliphatic carbocycles. The number of halogens is 1. The zero-order valence-corrected chi connectivity index (χ0v) is 16.7. The van der Waals surface area contributed by atoms with Crippen LogP contribution in [0.15, 0.2) is 59.1 Å². The summed E-state index contributed by atoms with van der Waals surface area (Å²) >= 11 is 3.41. The number of sulfonamides is 1. The highest BCUT2D eigenvalue weighted by Crippen LogP contribution is 2.25. The lowest BCUT2D eigenvalue weighted by Crippen LogP contribution is -2.44. The van der Waals surface area contributed by atoms with Crippen molar-refractivity contribution in [2.24, 2.45) is 5.92 Å². The van der Waals surface area contributed by atoms with Crippen LogP contribution >= 0.6 is 15.9 Å². The van der Waals surface area contributed by atoms with E-state index in [0.717, 1.165) is 10.0 Å². The predicted molar refractivity (Wildman–Crippen MR) is 106 cm³/mol. The molecule has 2 aromatic rings. The highest BCUT2D eigenvalue weighted by atomic mass is 79.9. The fourth-order valence-corrected chi connectivity index (χ4v) is 5.08. The number of nitrogens with one attached hydrogen (secondary N) is 1. The molecule has 1 amide bonds. The molecular formula is C19H21BrN2O3S. The Kier molecular flexibility index (Phi) is 6.11. The Morgan fingerprint density at radius 1 is 1.12 bits per heavy atom. The van der Waals surface area contributed by atoms with Gasteiger partial charge in [0.05, 0.1) is 17.4 Å². The number of para-hydroxylation sites is 1. The normalized spacial score (nSPS) is 18.4. The van der Waals surface area contributed by atoms with Crippen LogP contribution in [0.3, 0.4) is 0 Å². The van der Waals surface area contributed by atoms with E-state index >= 15 is 0 Å². The van der Waals surface area contributed by atoms with Crippen molar-refractivity contribution in [1.82, 2.24) is 4.31 Å². The van der Waals surface area contributed by atoms with Gasteiger partial charge >= 0.3 is 0 Å². The zero-order valence-electron chi connectivity index (χ0n) is 14.3. The van der Waals surface area contributed by atoms with Gasteiger partial charge in [-0.05, 0) is 46.5 Å². The van der Waals surface area contributed by atoms with Crippen LogP contribution < -0.4 is 5.32 Å². The van der Waals surface area contributed by atoms with E-state index in [-0.39, 0.29) is 24.1 Å². The number of amides is 1. The summed E-state index contributed by atoms with van der Waals surface area (Å²) in [6.07, 6.45) is 1.37. The molecule has 1 fully saturated rings. The van der Waals surface area contributed by atoms with Crippen molar-refractivity contribution in [2.45, 2.75) is 18.6 Å². The molecule has 0 radical (unpaired) electrons. The largest absolute Gasteiger partial charge is 0.325 e. The molecule has 0 saturated carbocycles. The first-order chi connectivity index (χ1) is 12.5. The average molecular weight is 437 g/mol. The lowest BCUT2D eigenvalue weighted by Gasteiger charge is -2.31. The third-order valence-electron chi connectivity index (χ3n) is 4.47. The topological polar surface area (TPSA) is 66.5 Å². The van der Waals surface area contributed by atoms with Crippen LogP contribution in [0.4, 0.5) is 5.69 Å². The van der Waals surface area contributed by atoms with Gasteiger partial charge in [-0.3, -0.25) is 4.79 Å². The van der Waals surface area contributed by atoms with E-state index < -0.39 is 10.0 Å². The van der Waals surface area contributed by atoms with Gasteiger partial charge in [0.15, 0.2) is 0 Å². The second-order valence-electron chi connectivity index (χ2n) is 6.41. The van der Waals surface area contributed by atoms with Crippen LogP contribution in [-0.4, -0.2) is 31.7 Å². The van der Waals surface area contributed by atoms with Crippen LogP contribution in [0.1, 0.15) is 18.4 Å². The lowest BCUT2D eigenvalue weighted by molar-refractivity contribution is -0.120. The molecule has 1 atom stereocenters. The van der Waals surface area contributed by atoms with Gasteiger partial charge < -0.3 is 5.32 Å². The Hall–Kier alpha value is -1.70. The monoisotopic (exact) mass is 436 g/mol. The summed E-state index contributed by atoms with van der Waals surface area (Å²) in [5, 5.41) is 2.89. The van der Waals surface area contributed by atoms with E-state index in [4.69, 9.17) is 0 Å². The van der Waals surface area contributed by atoms with Crippen LogP contribution in [0.5, 0.6) is 0 Å². The molecule has 7 heteroatoms. The Balaban J connectivity index is 1.67. The molecule has 0 spiro atoms. The van der Waals surface area contributed by atoms with Crippen molar-refractivity contribution in [1.29, 1.82) is 0 Å².